The molecule has 1 aliphatic rings. The van der Waals surface area contributed by atoms with Crippen molar-refractivity contribution in [2.45, 2.75) is 25.8 Å². The number of urea groups is 1. The Bertz CT molecular complexity index is 447. The molecule has 2 heterocycles. The number of piperidine rings is 1. The first-order chi connectivity index (χ1) is 9.08. The lowest BCUT2D eigenvalue weighted by Gasteiger charge is -2.31. The Hall–Kier alpha value is -2.19. The Morgan fingerprint density at radius 1 is 1.58 bits per heavy atom. The van der Waals surface area contributed by atoms with Crippen molar-refractivity contribution in [3.8, 4) is 0 Å². The highest BCUT2D eigenvalue weighted by Gasteiger charge is 2.28. The van der Waals surface area contributed by atoms with Crippen molar-refractivity contribution in [3.05, 3.63) is 5.82 Å². The van der Waals surface area contributed by atoms with Crippen molar-refractivity contribution in [1.82, 2.24) is 30.8 Å². The fourth-order valence-corrected chi connectivity index (χ4v) is 2.14. The van der Waals surface area contributed by atoms with Crippen LogP contribution in [-0.4, -0.2) is 50.6 Å². The second-order valence-electron chi connectivity index (χ2n) is 4.62. The molecule has 0 aromatic carbocycles. The summed E-state index contributed by atoms with van der Waals surface area (Å²) < 4.78 is 0. The molecule has 0 radical (unpaired) electrons. The van der Waals surface area contributed by atoms with Gasteiger partial charge in [0.2, 0.25) is 5.91 Å². The number of hydrogen-bond donors (Lipinski definition) is 3. The first kappa shape index (κ1) is 13.2. The van der Waals surface area contributed by atoms with Crippen molar-refractivity contribution in [2.24, 2.45) is 11.7 Å². The normalized spacial score (nSPS) is 20.9. The van der Waals surface area contributed by atoms with Crippen LogP contribution in [0.4, 0.5) is 4.79 Å². The fourth-order valence-electron chi connectivity index (χ4n) is 2.14. The minimum Gasteiger partial charge on any atom is -0.351 e. The highest BCUT2D eigenvalue weighted by Crippen LogP contribution is 2.17. The van der Waals surface area contributed by atoms with E-state index in [-0.39, 0.29) is 17.9 Å². The molecule has 1 aliphatic heterocycles. The molecule has 1 aromatic rings. The molecule has 1 saturated heterocycles. The summed E-state index contributed by atoms with van der Waals surface area (Å²) in [4.78, 5) is 24.7. The van der Waals surface area contributed by atoms with E-state index >= 15 is 0 Å². The van der Waals surface area contributed by atoms with Crippen molar-refractivity contribution in [1.29, 1.82) is 0 Å². The van der Waals surface area contributed by atoms with E-state index in [1.165, 1.54) is 4.90 Å². The Balaban J connectivity index is 1.91. The number of rotatable bonds is 3. The summed E-state index contributed by atoms with van der Waals surface area (Å²) in [6.07, 6.45) is 1.52. The maximum atomic E-state index is 12.1. The van der Waals surface area contributed by atoms with Crippen molar-refractivity contribution in [2.75, 3.05) is 13.1 Å². The molecule has 9 heteroatoms. The maximum absolute atomic E-state index is 12.1. The average molecular weight is 267 g/mol. The van der Waals surface area contributed by atoms with Crippen LogP contribution in [0.1, 0.15) is 31.6 Å². The predicted molar refractivity (Wildman–Crippen MR) is 64.6 cm³/mol. The van der Waals surface area contributed by atoms with Gasteiger partial charge in [-0.15, -0.1) is 10.2 Å². The quantitative estimate of drug-likeness (QED) is 0.658. The van der Waals surface area contributed by atoms with Gasteiger partial charge < -0.3 is 16.0 Å². The molecule has 2 rings (SSSR count). The van der Waals surface area contributed by atoms with Gasteiger partial charge in [-0.1, -0.05) is 5.21 Å². The molecule has 0 saturated carbocycles. The van der Waals surface area contributed by atoms with E-state index in [1.807, 2.05) is 0 Å². The van der Waals surface area contributed by atoms with E-state index in [0.717, 1.165) is 12.8 Å². The van der Waals surface area contributed by atoms with Crippen LogP contribution in [0.15, 0.2) is 0 Å². The van der Waals surface area contributed by atoms with Crippen LogP contribution in [0.25, 0.3) is 0 Å². The van der Waals surface area contributed by atoms with Crippen LogP contribution in [-0.2, 0) is 4.79 Å². The van der Waals surface area contributed by atoms with E-state index in [2.05, 4.69) is 25.9 Å². The molecular formula is C10H17N7O2. The number of nitrogens with one attached hydrogen (secondary N) is 2. The summed E-state index contributed by atoms with van der Waals surface area (Å²) in [6.45, 7) is 2.75. The largest absolute Gasteiger partial charge is 0.351 e. The summed E-state index contributed by atoms with van der Waals surface area (Å²) in [5.41, 5.74) is 5.23. The van der Waals surface area contributed by atoms with E-state index in [0.29, 0.717) is 18.9 Å². The lowest BCUT2D eigenvalue weighted by Crippen LogP contribution is -2.47. The maximum Gasteiger partial charge on any atom is 0.314 e. The number of carbonyl (C=O) groups is 2. The number of nitrogens with two attached hydrogens (primary N) is 1. The molecule has 19 heavy (non-hydrogen) atoms. The van der Waals surface area contributed by atoms with Gasteiger partial charge in [0, 0.05) is 13.1 Å². The van der Waals surface area contributed by atoms with Crippen LogP contribution < -0.4 is 11.1 Å². The summed E-state index contributed by atoms with van der Waals surface area (Å²) in [6, 6.07) is -0.807. The molecule has 1 aromatic heterocycles. The third kappa shape index (κ3) is 3.18. The molecule has 2 unspecified atom stereocenters. The van der Waals surface area contributed by atoms with Gasteiger partial charge in [0.1, 0.15) is 0 Å². The number of carbonyl (C=O) groups excluding carboxylic acids is 2. The van der Waals surface area contributed by atoms with E-state index in [1.54, 1.807) is 6.92 Å². The summed E-state index contributed by atoms with van der Waals surface area (Å²) in [5.74, 6) is 0.0646. The molecule has 0 bridgehead atoms. The van der Waals surface area contributed by atoms with Gasteiger partial charge in [0.25, 0.3) is 0 Å². The second-order valence-corrected chi connectivity index (χ2v) is 4.62. The third-order valence-electron chi connectivity index (χ3n) is 3.21. The highest BCUT2D eigenvalue weighted by molar-refractivity contribution is 5.80. The Morgan fingerprint density at radius 3 is 3.00 bits per heavy atom. The SMILES string of the molecule is CC(NC(=O)C1CCCN(C(N)=O)C1)c1nn[nH]n1. The second kappa shape index (κ2) is 5.63. The number of likely N-dealkylation sites (tertiary alicyclic amines) is 1. The van der Waals surface area contributed by atoms with Gasteiger partial charge in [-0.3, -0.25) is 4.79 Å². The monoisotopic (exact) mass is 267 g/mol. The van der Waals surface area contributed by atoms with Crippen LogP contribution >= 0.6 is 0 Å². The Kier molecular flexibility index (Phi) is 3.93. The zero-order valence-corrected chi connectivity index (χ0v) is 10.7. The van der Waals surface area contributed by atoms with Gasteiger partial charge in [-0.2, -0.15) is 5.21 Å². The summed E-state index contributed by atoms with van der Waals surface area (Å²) in [5, 5.41) is 16.2. The minimum absolute atomic E-state index is 0.122. The smallest absolute Gasteiger partial charge is 0.314 e. The number of primary amides is 1. The van der Waals surface area contributed by atoms with E-state index < -0.39 is 6.03 Å². The number of H-pyrrole nitrogens is 1. The molecule has 0 spiro atoms. The van der Waals surface area contributed by atoms with E-state index in [4.69, 9.17) is 5.73 Å². The van der Waals surface area contributed by atoms with Crippen LogP contribution in [0.5, 0.6) is 0 Å². The van der Waals surface area contributed by atoms with Crippen molar-refractivity contribution >= 4 is 11.9 Å². The highest BCUT2D eigenvalue weighted by atomic mass is 16.2. The number of amides is 3. The number of aromatic amines is 1. The lowest BCUT2D eigenvalue weighted by atomic mass is 9.97. The average Bonchev–Trinajstić information content (AvgIpc) is 2.92. The molecule has 0 aliphatic carbocycles. The summed E-state index contributed by atoms with van der Waals surface area (Å²) in [7, 11) is 0. The first-order valence-corrected chi connectivity index (χ1v) is 6.16. The third-order valence-corrected chi connectivity index (χ3v) is 3.21. The molecule has 4 N–H and O–H groups in total. The van der Waals surface area contributed by atoms with Gasteiger partial charge in [0.05, 0.1) is 12.0 Å². The molecule has 104 valence electrons. The molecule has 2 atom stereocenters. The Morgan fingerprint density at radius 2 is 2.37 bits per heavy atom. The van der Waals surface area contributed by atoms with Crippen LogP contribution in [0.3, 0.4) is 0 Å². The molecule has 3 amide bonds. The van der Waals surface area contributed by atoms with Crippen molar-refractivity contribution < 1.29 is 9.59 Å². The molecular weight excluding hydrogens is 250 g/mol. The number of tetrazole rings is 1. The van der Waals surface area contributed by atoms with Gasteiger partial charge in [-0.25, -0.2) is 4.79 Å². The van der Waals surface area contributed by atoms with Crippen LogP contribution in [0.2, 0.25) is 0 Å². The fraction of sp³-hybridized carbons (Fsp3) is 0.700. The zero-order valence-electron chi connectivity index (χ0n) is 10.7. The number of aromatic nitrogens is 4. The van der Waals surface area contributed by atoms with Gasteiger partial charge >= 0.3 is 6.03 Å². The molecule has 9 nitrogen and oxygen atoms in total. The summed E-state index contributed by atoms with van der Waals surface area (Å²) >= 11 is 0. The van der Waals surface area contributed by atoms with Gasteiger partial charge in [0.15, 0.2) is 5.82 Å². The van der Waals surface area contributed by atoms with E-state index in [9.17, 15) is 9.59 Å². The standard InChI is InChI=1S/C10H17N7O2/c1-6(8-13-15-16-14-8)12-9(18)7-3-2-4-17(5-7)10(11)19/h6-7H,2-5H2,1H3,(H2,11,19)(H,12,18)(H,13,14,15,16). The first-order valence-electron chi connectivity index (χ1n) is 6.16. The number of hydrogen-bond acceptors (Lipinski definition) is 5. The topological polar surface area (TPSA) is 130 Å². The zero-order chi connectivity index (χ0) is 13.8. The van der Waals surface area contributed by atoms with Gasteiger partial charge in [-0.05, 0) is 19.8 Å². The number of nitrogens with zero attached hydrogens (tertiary/aromatic N) is 4. The van der Waals surface area contributed by atoms with Crippen LogP contribution in [0, 0.1) is 5.92 Å². The predicted octanol–water partition coefficient (Wildman–Crippen LogP) is -0.832. The van der Waals surface area contributed by atoms with Crippen molar-refractivity contribution in [3.63, 3.8) is 0 Å². The lowest BCUT2D eigenvalue weighted by molar-refractivity contribution is -0.127. The Labute approximate surface area is 109 Å². The minimum atomic E-state index is -0.483. The molecule has 1 fully saturated rings.